The van der Waals surface area contributed by atoms with E-state index in [0.717, 1.165) is 18.5 Å². The van der Waals surface area contributed by atoms with Gasteiger partial charge in [-0.3, -0.25) is 14.9 Å². The number of benzene rings is 1. The molecule has 2 aliphatic heterocycles. The zero-order chi connectivity index (χ0) is 19.6. The molecule has 6 heteroatoms. The van der Waals surface area contributed by atoms with Gasteiger partial charge >= 0.3 is 0 Å². The first kappa shape index (κ1) is 19.6. The lowest BCUT2D eigenvalue weighted by Gasteiger charge is -2.37. The van der Waals surface area contributed by atoms with Gasteiger partial charge in [-0.25, -0.2) is 4.99 Å². The molecule has 1 N–H and O–H groups in total. The number of anilines is 1. The van der Waals surface area contributed by atoms with Crippen molar-refractivity contribution in [1.82, 2.24) is 5.32 Å². The molecule has 1 aromatic carbocycles. The monoisotopic (exact) mass is 399 g/mol. The summed E-state index contributed by atoms with van der Waals surface area (Å²) in [4.78, 5) is 30.9. The first-order valence-corrected chi connectivity index (χ1v) is 11.4. The van der Waals surface area contributed by atoms with Crippen molar-refractivity contribution in [2.24, 2.45) is 10.9 Å². The molecule has 1 saturated carbocycles. The highest BCUT2D eigenvalue weighted by Gasteiger charge is 2.46. The molecule has 5 nitrogen and oxygen atoms in total. The van der Waals surface area contributed by atoms with Gasteiger partial charge in [-0.05, 0) is 50.2 Å². The van der Waals surface area contributed by atoms with Gasteiger partial charge in [0.1, 0.15) is 0 Å². The fraction of sp³-hybridized carbons (Fsp3) is 0.591. The predicted molar refractivity (Wildman–Crippen MR) is 115 cm³/mol. The van der Waals surface area contributed by atoms with Crippen molar-refractivity contribution >= 4 is 34.8 Å². The Kier molecular flexibility index (Phi) is 5.88. The second kappa shape index (κ2) is 8.37. The number of hydrogen-bond acceptors (Lipinski definition) is 4. The largest absolute Gasteiger partial charge is 0.312 e. The maximum atomic E-state index is 13.3. The predicted octanol–water partition coefficient (Wildman–Crippen LogP) is 3.91. The van der Waals surface area contributed by atoms with Crippen LogP contribution in [0.5, 0.6) is 0 Å². The lowest BCUT2D eigenvalue weighted by Crippen LogP contribution is -2.55. The molecule has 1 fully saturated rings. The molecular formula is C22H29N3O2S. The van der Waals surface area contributed by atoms with Crippen molar-refractivity contribution in [3.63, 3.8) is 0 Å². The SMILES string of the molecule is C[C@@H](NC1(CC(=O)N2CCCc3ccccc32)SC=NC1=O)C1CCCCC1. The number of fused-ring (bicyclic) bond motifs is 1. The van der Waals surface area contributed by atoms with Gasteiger partial charge in [-0.2, -0.15) is 0 Å². The topological polar surface area (TPSA) is 61.8 Å². The maximum absolute atomic E-state index is 13.3. The van der Waals surface area contributed by atoms with Crippen molar-refractivity contribution in [3.8, 4) is 0 Å². The van der Waals surface area contributed by atoms with E-state index in [9.17, 15) is 9.59 Å². The highest BCUT2D eigenvalue weighted by molar-refractivity contribution is 8.14. The molecule has 4 rings (SSSR count). The van der Waals surface area contributed by atoms with Crippen LogP contribution in [0.1, 0.15) is 57.4 Å². The normalized spacial score (nSPS) is 26.3. The van der Waals surface area contributed by atoms with E-state index < -0.39 is 4.87 Å². The third-order valence-corrected chi connectivity index (χ3v) is 7.45. The summed E-state index contributed by atoms with van der Waals surface area (Å²) in [7, 11) is 0. The number of para-hydroxylation sites is 1. The molecule has 2 atom stereocenters. The average Bonchev–Trinajstić information content (AvgIpc) is 3.07. The molecule has 3 aliphatic rings. The second-order valence-corrected chi connectivity index (χ2v) is 9.41. The van der Waals surface area contributed by atoms with Crippen LogP contribution in [-0.4, -0.2) is 34.8 Å². The summed E-state index contributed by atoms with van der Waals surface area (Å²) in [6.45, 7) is 2.87. The summed E-state index contributed by atoms with van der Waals surface area (Å²) in [6, 6.07) is 8.29. The fourth-order valence-corrected chi connectivity index (χ4v) is 5.75. The molecular weight excluding hydrogens is 370 g/mol. The van der Waals surface area contributed by atoms with Gasteiger partial charge in [-0.1, -0.05) is 49.2 Å². The summed E-state index contributed by atoms with van der Waals surface area (Å²) in [5.74, 6) is 0.339. The Morgan fingerprint density at radius 2 is 2.07 bits per heavy atom. The van der Waals surface area contributed by atoms with E-state index in [0.29, 0.717) is 12.5 Å². The minimum Gasteiger partial charge on any atom is -0.312 e. The molecule has 1 aromatic rings. The highest BCUT2D eigenvalue weighted by atomic mass is 32.2. The maximum Gasteiger partial charge on any atom is 0.277 e. The van der Waals surface area contributed by atoms with Crippen molar-refractivity contribution in [2.45, 2.75) is 69.2 Å². The van der Waals surface area contributed by atoms with Gasteiger partial charge in [0.25, 0.3) is 5.91 Å². The van der Waals surface area contributed by atoms with E-state index >= 15 is 0 Å². The summed E-state index contributed by atoms with van der Waals surface area (Å²) in [5.41, 5.74) is 3.80. The lowest BCUT2D eigenvalue weighted by atomic mass is 9.84. The molecule has 0 spiro atoms. The first-order valence-electron chi connectivity index (χ1n) is 10.5. The van der Waals surface area contributed by atoms with Gasteiger partial charge in [0.2, 0.25) is 5.91 Å². The van der Waals surface area contributed by atoms with Crippen molar-refractivity contribution in [2.75, 3.05) is 11.4 Å². The van der Waals surface area contributed by atoms with Crippen LogP contribution in [-0.2, 0) is 16.0 Å². The van der Waals surface area contributed by atoms with Gasteiger partial charge in [0.05, 0.1) is 12.0 Å². The molecule has 0 radical (unpaired) electrons. The molecule has 0 aromatic heterocycles. The molecule has 150 valence electrons. The number of nitrogens with zero attached hydrogens (tertiary/aromatic N) is 2. The Bertz CT molecular complexity index is 775. The van der Waals surface area contributed by atoms with E-state index in [1.807, 2.05) is 23.1 Å². The molecule has 0 saturated heterocycles. The van der Waals surface area contributed by atoms with Crippen LogP contribution in [0.25, 0.3) is 0 Å². The standard InChI is InChI=1S/C22H29N3O2S/c1-16(17-8-3-2-4-9-17)24-22(21(27)23-15-28-22)14-20(26)25-13-7-11-18-10-5-6-12-19(18)25/h5-6,10,12,15-17,24H,2-4,7-9,11,13-14H2,1H3/t16-,22?/m1/s1. The summed E-state index contributed by atoms with van der Waals surface area (Å²) in [5, 5.41) is 3.55. The van der Waals surface area contributed by atoms with Crippen LogP contribution >= 0.6 is 11.8 Å². The minimum atomic E-state index is -0.958. The number of hydrogen-bond donors (Lipinski definition) is 1. The Hall–Kier alpha value is -1.66. The number of rotatable bonds is 5. The third-order valence-electron chi connectivity index (χ3n) is 6.40. The zero-order valence-electron chi connectivity index (χ0n) is 16.5. The number of nitrogens with one attached hydrogen (secondary N) is 1. The zero-order valence-corrected chi connectivity index (χ0v) is 17.3. The molecule has 2 amide bonds. The van der Waals surface area contributed by atoms with Crippen LogP contribution < -0.4 is 10.2 Å². The van der Waals surface area contributed by atoms with Gasteiger partial charge in [0, 0.05) is 18.3 Å². The van der Waals surface area contributed by atoms with Crippen LogP contribution in [0.3, 0.4) is 0 Å². The second-order valence-electron chi connectivity index (χ2n) is 8.27. The van der Waals surface area contributed by atoms with Gasteiger partial charge in [-0.15, -0.1) is 0 Å². The number of aryl methyl sites for hydroxylation is 1. The van der Waals surface area contributed by atoms with Crippen molar-refractivity contribution in [3.05, 3.63) is 29.8 Å². The Morgan fingerprint density at radius 3 is 2.82 bits per heavy atom. The number of aliphatic imine (C=N–C) groups is 1. The Balaban J connectivity index is 1.51. The number of amides is 2. The number of carbonyl (C=O) groups is 2. The van der Waals surface area contributed by atoms with Crippen molar-refractivity contribution in [1.29, 1.82) is 0 Å². The average molecular weight is 400 g/mol. The van der Waals surface area contributed by atoms with E-state index in [1.54, 1.807) is 5.55 Å². The first-order chi connectivity index (χ1) is 13.6. The molecule has 1 unspecified atom stereocenters. The minimum absolute atomic E-state index is 0.00171. The van der Waals surface area contributed by atoms with Crippen LogP contribution in [0.2, 0.25) is 0 Å². The Morgan fingerprint density at radius 1 is 1.29 bits per heavy atom. The highest BCUT2D eigenvalue weighted by Crippen LogP contribution is 2.36. The van der Waals surface area contributed by atoms with Gasteiger partial charge in [0.15, 0.2) is 4.87 Å². The third kappa shape index (κ3) is 3.90. The van der Waals surface area contributed by atoms with Crippen LogP contribution in [0, 0.1) is 5.92 Å². The van der Waals surface area contributed by atoms with E-state index in [2.05, 4.69) is 23.3 Å². The van der Waals surface area contributed by atoms with Crippen LogP contribution in [0.15, 0.2) is 29.3 Å². The molecule has 28 heavy (non-hydrogen) atoms. The Labute approximate surface area is 171 Å². The van der Waals surface area contributed by atoms with E-state index in [-0.39, 0.29) is 24.3 Å². The van der Waals surface area contributed by atoms with E-state index in [4.69, 9.17) is 0 Å². The summed E-state index contributed by atoms with van der Waals surface area (Å²) >= 11 is 1.36. The molecule has 0 bridgehead atoms. The molecule has 1 aliphatic carbocycles. The van der Waals surface area contributed by atoms with E-state index in [1.165, 1.54) is 49.4 Å². The smallest absolute Gasteiger partial charge is 0.277 e. The quantitative estimate of drug-likeness (QED) is 0.815. The number of carbonyl (C=O) groups excluding carboxylic acids is 2. The summed E-state index contributed by atoms with van der Waals surface area (Å²) < 4.78 is 0. The molecule has 2 heterocycles. The lowest BCUT2D eigenvalue weighted by molar-refractivity contribution is -0.126. The van der Waals surface area contributed by atoms with Crippen molar-refractivity contribution < 1.29 is 9.59 Å². The fourth-order valence-electron chi connectivity index (χ4n) is 4.80. The van der Waals surface area contributed by atoms with Gasteiger partial charge < -0.3 is 4.90 Å². The summed E-state index contributed by atoms with van der Waals surface area (Å²) in [6.07, 6.45) is 8.29. The number of thioether (sulfide) groups is 1. The van der Waals surface area contributed by atoms with Crippen LogP contribution in [0.4, 0.5) is 5.69 Å².